The average molecular weight is 276 g/mol. The molecule has 1 aliphatic heterocycles. The van der Waals surface area contributed by atoms with Gasteiger partial charge in [-0.15, -0.1) is 0 Å². The predicted octanol–water partition coefficient (Wildman–Crippen LogP) is -0.00800. The Morgan fingerprint density at radius 2 is 1.74 bits per heavy atom. The summed E-state index contributed by atoms with van der Waals surface area (Å²) in [5.41, 5.74) is 0. The SMILES string of the molecule is CCC1OC(OC(C)=O)C(O)C(OC(C)=O)C1OC. The van der Waals surface area contributed by atoms with Gasteiger partial charge in [0.15, 0.2) is 12.2 Å². The molecule has 1 N–H and O–H groups in total. The number of ether oxygens (including phenoxy) is 4. The minimum Gasteiger partial charge on any atom is -0.457 e. The Kier molecular flexibility index (Phi) is 5.71. The molecule has 0 radical (unpaired) electrons. The van der Waals surface area contributed by atoms with Crippen LogP contribution < -0.4 is 0 Å². The van der Waals surface area contributed by atoms with Gasteiger partial charge in [-0.2, -0.15) is 0 Å². The predicted molar refractivity (Wildman–Crippen MR) is 63.1 cm³/mol. The molecule has 1 aliphatic rings. The first-order valence-corrected chi connectivity index (χ1v) is 6.11. The van der Waals surface area contributed by atoms with E-state index >= 15 is 0 Å². The van der Waals surface area contributed by atoms with E-state index in [1.807, 2.05) is 6.92 Å². The van der Waals surface area contributed by atoms with E-state index in [0.29, 0.717) is 6.42 Å². The van der Waals surface area contributed by atoms with Crippen LogP contribution in [0.5, 0.6) is 0 Å². The van der Waals surface area contributed by atoms with Crippen LogP contribution in [0.3, 0.4) is 0 Å². The number of carbonyl (C=O) groups is 2. The molecule has 5 atom stereocenters. The molecule has 0 bridgehead atoms. The van der Waals surface area contributed by atoms with Crippen LogP contribution in [0.2, 0.25) is 0 Å². The molecule has 110 valence electrons. The Hall–Kier alpha value is -1.18. The van der Waals surface area contributed by atoms with Crippen LogP contribution in [0.25, 0.3) is 0 Å². The number of methoxy groups -OCH3 is 1. The van der Waals surface area contributed by atoms with Gasteiger partial charge in [-0.3, -0.25) is 9.59 Å². The highest BCUT2D eigenvalue weighted by molar-refractivity contribution is 5.67. The molecule has 0 aromatic carbocycles. The van der Waals surface area contributed by atoms with Crippen molar-refractivity contribution in [2.75, 3.05) is 7.11 Å². The van der Waals surface area contributed by atoms with Crippen LogP contribution in [-0.2, 0) is 28.5 Å². The van der Waals surface area contributed by atoms with Gasteiger partial charge in [-0.1, -0.05) is 6.92 Å². The molecule has 0 saturated carbocycles. The van der Waals surface area contributed by atoms with Gasteiger partial charge in [0.1, 0.15) is 6.10 Å². The molecule has 1 heterocycles. The Balaban J connectivity index is 2.91. The normalized spacial score (nSPS) is 34.7. The van der Waals surface area contributed by atoms with Crippen molar-refractivity contribution in [2.45, 2.75) is 57.9 Å². The monoisotopic (exact) mass is 276 g/mol. The second-order valence-electron chi connectivity index (χ2n) is 4.33. The minimum atomic E-state index is -1.29. The van der Waals surface area contributed by atoms with Crippen molar-refractivity contribution in [3.8, 4) is 0 Å². The molecule has 0 aromatic heterocycles. The standard InChI is InChI=1S/C12H20O7/c1-5-8-10(16-4)11(17-6(2)13)9(15)12(19-8)18-7(3)14/h8-12,15H,5H2,1-4H3. The molecule has 5 unspecified atom stereocenters. The summed E-state index contributed by atoms with van der Waals surface area (Å²) in [6.07, 6.45) is -3.90. The van der Waals surface area contributed by atoms with Crippen molar-refractivity contribution >= 4 is 11.9 Å². The number of aliphatic hydroxyl groups is 1. The fraction of sp³-hybridized carbons (Fsp3) is 0.833. The van der Waals surface area contributed by atoms with Crippen LogP contribution >= 0.6 is 0 Å². The van der Waals surface area contributed by atoms with E-state index < -0.39 is 42.6 Å². The van der Waals surface area contributed by atoms with Gasteiger partial charge in [-0.25, -0.2) is 0 Å². The van der Waals surface area contributed by atoms with Gasteiger partial charge >= 0.3 is 11.9 Å². The third-order valence-corrected chi connectivity index (χ3v) is 2.87. The maximum atomic E-state index is 11.1. The zero-order valence-electron chi connectivity index (χ0n) is 11.5. The first-order chi connectivity index (χ1) is 8.90. The molecule has 7 heteroatoms. The van der Waals surface area contributed by atoms with Gasteiger partial charge in [0.05, 0.1) is 6.10 Å². The lowest BCUT2D eigenvalue weighted by Crippen LogP contribution is -2.60. The topological polar surface area (TPSA) is 91.3 Å². The maximum Gasteiger partial charge on any atom is 0.305 e. The Bertz CT molecular complexity index is 330. The van der Waals surface area contributed by atoms with Gasteiger partial charge in [0, 0.05) is 21.0 Å². The molecule has 1 rings (SSSR count). The minimum absolute atomic E-state index is 0.443. The summed E-state index contributed by atoms with van der Waals surface area (Å²) >= 11 is 0. The summed E-state index contributed by atoms with van der Waals surface area (Å²) in [5, 5.41) is 10.1. The van der Waals surface area contributed by atoms with Crippen molar-refractivity contribution in [1.82, 2.24) is 0 Å². The van der Waals surface area contributed by atoms with E-state index in [1.165, 1.54) is 21.0 Å². The highest BCUT2D eigenvalue weighted by Gasteiger charge is 2.48. The third-order valence-electron chi connectivity index (χ3n) is 2.87. The summed E-state index contributed by atoms with van der Waals surface area (Å²) in [7, 11) is 1.44. The Morgan fingerprint density at radius 3 is 2.16 bits per heavy atom. The van der Waals surface area contributed by atoms with Gasteiger partial charge < -0.3 is 24.1 Å². The van der Waals surface area contributed by atoms with Gasteiger partial charge in [0.25, 0.3) is 0 Å². The van der Waals surface area contributed by atoms with E-state index in [9.17, 15) is 14.7 Å². The smallest absolute Gasteiger partial charge is 0.305 e. The van der Waals surface area contributed by atoms with Crippen LogP contribution in [0, 0.1) is 0 Å². The fourth-order valence-electron chi connectivity index (χ4n) is 2.09. The first-order valence-electron chi connectivity index (χ1n) is 6.11. The number of rotatable bonds is 4. The summed E-state index contributed by atoms with van der Waals surface area (Å²) in [4.78, 5) is 22.1. The number of hydrogen-bond acceptors (Lipinski definition) is 7. The lowest BCUT2D eigenvalue weighted by Gasteiger charge is -2.42. The number of esters is 2. The molecule has 0 aromatic rings. The Labute approximate surface area is 111 Å². The Morgan fingerprint density at radius 1 is 1.16 bits per heavy atom. The summed E-state index contributed by atoms with van der Waals surface area (Å²) in [5.74, 6) is -1.14. The number of carbonyl (C=O) groups excluding carboxylic acids is 2. The van der Waals surface area contributed by atoms with Crippen LogP contribution in [0.4, 0.5) is 0 Å². The average Bonchev–Trinajstić information content (AvgIpc) is 2.32. The van der Waals surface area contributed by atoms with Gasteiger partial charge in [0.2, 0.25) is 6.29 Å². The van der Waals surface area contributed by atoms with Crippen molar-refractivity contribution in [3.05, 3.63) is 0 Å². The quantitative estimate of drug-likeness (QED) is 0.722. The second kappa shape index (κ2) is 6.83. The lowest BCUT2D eigenvalue weighted by molar-refractivity contribution is -0.293. The van der Waals surface area contributed by atoms with Crippen molar-refractivity contribution in [3.63, 3.8) is 0 Å². The molecular formula is C12H20O7. The first kappa shape index (κ1) is 15.9. The highest BCUT2D eigenvalue weighted by Crippen LogP contribution is 2.28. The van der Waals surface area contributed by atoms with E-state index in [4.69, 9.17) is 18.9 Å². The maximum absolute atomic E-state index is 11.1. The molecule has 0 spiro atoms. The van der Waals surface area contributed by atoms with Crippen LogP contribution in [0.1, 0.15) is 27.2 Å². The molecule has 7 nitrogen and oxygen atoms in total. The molecule has 0 aliphatic carbocycles. The van der Waals surface area contributed by atoms with Crippen molar-refractivity contribution < 1.29 is 33.6 Å². The number of aliphatic hydroxyl groups excluding tert-OH is 1. The molecular weight excluding hydrogens is 256 g/mol. The second-order valence-corrected chi connectivity index (χ2v) is 4.33. The molecule has 19 heavy (non-hydrogen) atoms. The van der Waals surface area contributed by atoms with Gasteiger partial charge in [-0.05, 0) is 6.42 Å². The van der Waals surface area contributed by atoms with Crippen LogP contribution in [0.15, 0.2) is 0 Å². The third kappa shape index (κ3) is 3.89. The molecule has 0 amide bonds. The van der Waals surface area contributed by atoms with Crippen molar-refractivity contribution in [1.29, 1.82) is 0 Å². The zero-order valence-corrected chi connectivity index (χ0v) is 11.5. The number of hydrogen-bond donors (Lipinski definition) is 1. The van der Waals surface area contributed by atoms with Crippen LogP contribution in [-0.4, -0.2) is 54.9 Å². The van der Waals surface area contributed by atoms with E-state index in [-0.39, 0.29) is 0 Å². The molecule has 1 saturated heterocycles. The largest absolute Gasteiger partial charge is 0.457 e. The van der Waals surface area contributed by atoms with E-state index in [0.717, 1.165) is 0 Å². The van der Waals surface area contributed by atoms with E-state index in [2.05, 4.69) is 0 Å². The summed E-state index contributed by atoms with van der Waals surface area (Å²) in [6, 6.07) is 0. The lowest BCUT2D eigenvalue weighted by atomic mass is 9.97. The van der Waals surface area contributed by atoms with E-state index in [1.54, 1.807) is 0 Å². The zero-order chi connectivity index (χ0) is 14.6. The molecule has 1 fully saturated rings. The summed E-state index contributed by atoms with van der Waals surface area (Å²) in [6.45, 7) is 4.29. The highest BCUT2D eigenvalue weighted by atomic mass is 16.7. The summed E-state index contributed by atoms with van der Waals surface area (Å²) < 4.78 is 20.6. The fourth-order valence-corrected chi connectivity index (χ4v) is 2.09. The van der Waals surface area contributed by atoms with Crippen molar-refractivity contribution in [2.24, 2.45) is 0 Å².